The Kier molecular flexibility index (Phi) is 5.73. The summed E-state index contributed by atoms with van der Waals surface area (Å²) in [5.41, 5.74) is 2.29. The standard InChI is InChI=1S/C16H22N2O4.ClH/c1-21-14-5-10-3-4-18(9-11(10)6-15(14)22-2)16(20)13-7-12(19)8-17-13;/h5-6,12-13,17,19H,3-4,7-9H2,1-2H3;1H. The number of nitrogens with zero attached hydrogens (tertiary/aromatic N) is 1. The zero-order valence-corrected chi connectivity index (χ0v) is 14.2. The summed E-state index contributed by atoms with van der Waals surface area (Å²) < 4.78 is 10.7. The van der Waals surface area contributed by atoms with Crippen molar-refractivity contribution < 1.29 is 19.4 Å². The summed E-state index contributed by atoms with van der Waals surface area (Å²) in [5, 5.41) is 12.6. The summed E-state index contributed by atoms with van der Waals surface area (Å²) in [6.07, 6.45) is 0.876. The van der Waals surface area contributed by atoms with Crippen LogP contribution in [0.15, 0.2) is 12.1 Å². The van der Waals surface area contributed by atoms with E-state index in [1.54, 1.807) is 14.2 Å². The van der Waals surface area contributed by atoms with Crippen LogP contribution in [0.2, 0.25) is 0 Å². The molecule has 0 aromatic heterocycles. The lowest BCUT2D eigenvalue weighted by atomic mass is 9.98. The highest BCUT2D eigenvalue weighted by molar-refractivity contribution is 5.85. The molecule has 0 radical (unpaired) electrons. The zero-order chi connectivity index (χ0) is 15.7. The number of amides is 1. The third-order valence-corrected chi connectivity index (χ3v) is 4.44. The van der Waals surface area contributed by atoms with E-state index in [4.69, 9.17) is 9.47 Å². The third-order valence-electron chi connectivity index (χ3n) is 4.44. The second kappa shape index (κ2) is 7.38. The molecule has 23 heavy (non-hydrogen) atoms. The van der Waals surface area contributed by atoms with Crippen LogP contribution in [-0.2, 0) is 17.8 Å². The largest absolute Gasteiger partial charge is 0.493 e. The number of carbonyl (C=O) groups is 1. The van der Waals surface area contributed by atoms with Crippen molar-refractivity contribution in [1.29, 1.82) is 0 Å². The minimum Gasteiger partial charge on any atom is -0.493 e. The van der Waals surface area contributed by atoms with E-state index in [1.807, 2.05) is 17.0 Å². The molecule has 1 aromatic carbocycles. The van der Waals surface area contributed by atoms with E-state index in [-0.39, 0.29) is 24.4 Å². The molecule has 7 heteroatoms. The first-order chi connectivity index (χ1) is 10.6. The number of β-amino-alcohol motifs (C(OH)–C–C–N with tert-alkyl or cyclic N) is 1. The number of nitrogens with one attached hydrogen (secondary N) is 1. The Labute approximate surface area is 142 Å². The molecular weight excluding hydrogens is 320 g/mol. The Hall–Kier alpha value is -1.50. The Morgan fingerprint density at radius 2 is 1.91 bits per heavy atom. The molecule has 0 spiro atoms. The Morgan fingerprint density at radius 1 is 1.26 bits per heavy atom. The quantitative estimate of drug-likeness (QED) is 0.847. The minimum atomic E-state index is -0.421. The molecule has 2 atom stereocenters. The predicted octanol–water partition coefficient (Wildman–Crippen LogP) is 0.733. The van der Waals surface area contributed by atoms with Gasteiger partial charge in [0.2, 0.25) is 5.91 Å². The third kappa shape index (κ3) is 3.54. The normalized spacial score (nSPS) is 23.0. The molecule has 6 nitrogen and oxygen atoms in total. The maximum Gasteiger partial charge on any atom is 0.240 e. The molecule has 0 bridgehead atoms. The van der Waals surface area contributed by atoms with Gasteiger partial charge in [-0.3, -0.25) is 4.79 Å². The summed E-state index contributed by atoms with van der Waals surface area (Å²) >= 11 is 0. The van der Waals surface area contributed by atoms with Crippen LogP contribution in [-0.4, -0.2) is 55.4 Å². The first kappa shape index (κ1) is 17.8. The number of aliphatic hydroxyl groups excluding tert-OH is 1. The minimum absolute atomic E-state index is 0. The second-order valence-electron chi connectivity index (χ2n) is 5.84. The molecule has 3 rings (SSSR count). The zero-order valence-electron chi connectivity index (χ0n) is 13.4. The SMILES string of the molecule is COc1cc2c(cc1OC)CN(C(=O)C1CC(O)CN1)CC2.Cl. The van der Waals surface area contributed by atoms with Crippen LogP contribution in [0.25, 0.3) is 0 Å². The van der Waals surface area contributed by atoms with Crippen molar-refractivity contribution in [3.63, 3.8) is 0 Å². The fourth-order valence-electron chi connectivity index (χ4n) is 3.20. The lowest BCUT2D eigenvalue weighted by Crippen LogP contribution is -2.45. The molecule has 0 aliphatic carbocycles. The Morgan fingerprint density at radius 3 is 2.48 bits per heavy atom. The molecule has 2 aliphatic heterocycles. The Bertz CT molecular complexity index is 581. The predicted molar refractivity (Wildman–Crippen MR) is 88.3 cm³/mol. The van der Waals surface area contributed by atoms with Crippen molar-refractivity contribution in [2.45, 2.75) is 31.5 Å². The van der Waals surface area contributed by atoms with Crippen molar-refractivity contribution in [3.05, 3.63) is 23.3 Å². The van der Waals surface area contributed by atoms with Crippen molar-refractivity contribution in [2.75, 3.05) is 27.3 Å². The molecule has 2 unspecified atom stereocenters. The van der Waals surface area contributed by atoms with Gasteiger partial charge in [0, 0.05) is 19.6 Å². The van der Waals surface area contributed by atoms with E-state index in [1.165, 1.54) is 5.56 Å². The van der Waals surface area contributed by atoms with Crippen molar-refractivity contribution >= 4 is 18.3 Å². The number of fused-ring (bicyclic) bond motifs is 1. The summed E-state index contributed by atoms with van der Waals surface area (Å²) in [6.45, 7) is 1.75. The highest BCUT2D eigenvalue weighted by Crippen LogP contribution is 2.33. The number of carbonyl (C=O) groups excluding carboxylic acids is 1. The van der Waals surface area contributed by atoms with Gasteiger partial charge in [-0.05, 0) is 36.1 Å². The molecular formula is C16H23ClN2O4. The maximum absolute atomic E-state index is 12.5. The van der Waals surface area contributed by atoms with E-state index in [0.717, 1.165) is 17.7 Å². The Balaban J connectivity index is 0.00000192. The lowest BCUT2D eigenvalue weighted by molar-refractivity contribution is -0.134. The van der Waals surface area contributed by atoms with Crippen LogP contribution >= 0.6 is 12.4 Å². The fourth-order valence-corrected chi connectivity index (χ4v) is 3.20. The van der Waals surface area contributed by atoms with Crippen LogP contribution in [0, 0.1) is 0 Å². The molecule has 1 aromatic rings. The van der Waals surface area contributed by atoms with Gasteiger partial charge in [-0.1, -0.05) is 0 Å². The van der Waals surface area contributed by atoms with Gasteiger partial charge in [-0.25, -0.2) is 0 Å². The second-order valence-corrected chi connectivity index (χ2v) is 5.84. The van der Waals surface area contributed by atoms with Gasteiger partial charge in [-0.2, -0.15) is 0 Å². The van der Waals surface area contributed by atoms with Crippen molar-refractivity contribution in [3.8, 4) is 11.5 Å². The number of methoxy groups -OCH3 is 2. The first-order valence-corrected chi connectivity index (χ1v) is 7.56. The van der Waals surface area contributed by atoms with Crippen LogP contribution in [0.3, 0.4) is 0 Å². The van der Waals surface area contributed by atoms with Crippen LogP contribution in [0.4, 0.5) is 0 Å². The van der Waals surface area contributed by atoms with E-state index < -0.39 is 6.10 Å². The van der Waals surface area contributed by atoms with E-state index >= 15 is 0 Å². The molecule has 1 saturated heterocycles. The van der Waals surface area contributed by atoms with Gasteiger partial charge in [0.05, 0.1) is 26.4 Å². The van der Waals surface area contributed by atoms with Gasteiger partial charge in [0.1, 0.15) is 0 Å². The van der Waals surface area contributed by atoms with Crippen LogP contribution in [0.5, 0.6) is 11.5 Å². The highest BCUT2D eigenvalue weighted by atomic mass is 35.5. The maximum atomic E-state index is 12.5. The smallest absolute Gasteiger partial charge is 0.240 e. The first-order valence-electron chi connectivity index (χ1n) is 7.56. The molecule has 0 saturated carbocycles. The molecule has 2 heterocycles. The van der Waals surface area contributed by atoms with Crippen LogP contribution in [0.1, 0.15) is 17.5 Å². The average molecular weight is 343 g/mol. The van der Waals surface area contributed by atoms with E-state index in [0.29, 0.717) is 31.8 Å². The number of halogens is 1. The molecule has 2 aliphatic rings. The summed E-state index contributed by atoms with van der Waals surface area (Å²) in [7, 11) is 3.24. The molecule has 128 valence electrons. The van der Waals surface area contributed by atoms with Gasteiger partial charge in [0.15, 0.2) is 11.5 Å². The molecule has 1 amide bonds. The van der Waals surface area contributed by atoms with E-state index in [9.17, 15) is 9.90 Å². The monoisotopic (exact) mass is 342 g/mol. The summed E-state index contributed by atoms with van der Waals surface area (Å²) in [4.78, 5) is 14.4. The number of hydrogen-bond acceptors (Lipinski definition) is 5. The van der Waals surface area contributed by atoms with Crippen molar-refractivity contribution in [2.24, 2.45) is 0 Å². The number of hydrogen-bond donors (Lipinski definition) is 2. The molecule has 2 N–H and O–H groups in total. The van der Waals surface area contributed by atoms with E-state index in [2.05, 4.69) is 5.32 Å². The van der Waals surface area contributed by atoms with Crippen LogP contribution < -0.4 is 14.8 Å². The topological polar surface area (TPSA) is 71.0 Å². The summed E-state index contributed by atoms with van der Waals surface area (Å²) in [6, 6.07) is 3.68. The van der Waals surface area contributed by atoms with Gasteiger partial charge < -0.3 is 24.8 Å². The van der Waals surface area contributed by atoms with Gasteiger partial charge in [-0.15, -0.1) is 12.4 Å². The average Bonchev–Trinajstić information content (AvgIpc) is 2.98. The summed E-state index contributed by atoms with van der Waals surface area (Å²) in [5.74, 6) is 1.48. The lowest BCUT2D eigenvalue weighted by Gasteiger charge is -2.31. The van der Waals surface area contributed by atoms with Gasteiger partial charge >= 0.3 is 0 Å². The highest BCUT2D eigenvalue weighted by Gasteiger charge is 2.33. The number of ether oxygens (including phenoxy) is 2. The number of benzene rings is 1. The number of aliphatic hydroxyl groups is 1. The number of rotatable bonds is 3. The molecule has 1 fully saturated rings. The fraction of sp³-hybridized carbons (Fsp3) is 0.562. The van der Waals surface area contributed by atoms with Crippen molar-refractivity contribution in [1.82, 2.24) is 10.2 Å². The van der Waals surface area contributed by atoms with Gasteiger partial charge in [0.25, 0.3) is 0 Å².